The normalized spacial score (nSPS) is 10.9. The van der Waals surface area contributed by atoms with E-state index in [0.717, 1.165) is 29.6 Å². The summed E-state index contributed by atoms with van der Waals surface area (Å²) in [6, 6.07) is 10.00. The molecule has 0 unspecified atom stereocenters. The number of hydrazone groups is 1. The Morgan fingerprint density at radius 3 is 2.46 bits per heavy atom. The Balaban J connectivity index is 2.00. The summed E-state index contributed by atoms with van der Waals surface area (Å²) in [6.45, 7) is 4.05. The summed E-state index contributed by atoms with van der Waals surface area (Å²) in [5.74, 6) is 0.725. The minimum Gasteiger partial charge on any atom is -0.495 e. The van der Waals surface area contributed by atoms with Gasteiger partial charge in [0.1, 0.15) is 5.75 Å². The summed E-state index contributed by atoms with van der Waals surface area (Å²) in [7, 11) is 1.65. The molecule has 0 aliphatic rings. The third kappa shape index (κ3) is 5.17. The van der Waals surface area contributed by atoms with Crippen LogP contribution in [0.3, 0.4) is 0 Å². The van der Waals surface area contributed by atoms with Crippen molar-refractivity contribution < 1.29 is 9.53 Å². The maximum atomic E-state index is 12.0. The van der Waals surface area contributed by atoms with E-state index in [2.05, 4.69) is 61.8 Å². The quantitative estimate of drug-likeness (QED) is 0.346. The summed E-state index contributed by atoms with van der Waals surface area (Å²) in [4.78, 5) is 12.0. The number of nitrogens with one attached hydrogen (secondary N) is 1. The van der Waals surface area contributed by atoms with Gasteiger partial charge in [0.15, 0.2) is 0 Å². The lowest BCUT2D eigenvalue weighted by molar-refractivity contribution is -0.120. The van der Waals surface area contributed by atoms with Gasteiger partial charge in [-0.3, -0.25) is 4.79 Å². The first kappa shape index (κ1) is 19.2. The monoisotopic (exact) mass is 548 g/mol. The highest BCUT2D eigenvalue weighted by atomic mass is 127. The first-order valence-corrected chi connectivity index (χ1v) is 9.47. The molecule has 0 saturated heterocycles. The third-order valence-electron chi connectivity index (χ3n) is 3.48. The van der Waals surface area contributed by atoms with Crippen molar-refractivity contribution in [3.8, 4) is 5.75 Å². The molecule has 0 radical (unpaired) electrons. The van der Waals surface area contributed by atoms with Crippen molar-refractivity contribution in [1.29, 1.82) is 0 Å². The van der Waals surface area contributed by atoms with Gasteiger partial charge in [0.2, 0.25) is 5.91 Å². The van der Waals surface area contributed by atoms with Crippen LogP contribution in [-0.4, -0.2) is 19.2 Å². The Bertz CT molecular complexity index is 766. The Hall–Kier alpha value is -1.16. The molecule has 1 N–H and O–H groups in total. The van der Waals surface area contributed by atoms with E-state index in [1.165, 1.54) is 5.56 Å². The molecule has 6 heteroatoms. The van der Waals surface area contributed by atoms with E-state index in [1.54, 1.807) is 13.3 Å². The van der Waals surface area contributed by atoms with Gasteiger partial charge < -0.3 is 4.74 Å². The number of hydrogen-bond donors (Lipinski definition) is 1. The average Bonchev–Trinajstić information content (AvgIpc) is 2.50. The van der Waals surface area contributed by atoms with Crippen molar-refractivity contribution in [3.05, 3.63) is 59.7 Å². The molecule has 0 bridgehead atoms. The lowest BCUT2D eigenvalue weighted by Crippen LogP contribution is -2.20. The molecule has 0 atom stereocenters. The van der Waals surface area contributed by atoms with E-state index in [-0.39, 0.29) is 5.91 Å². The summed E-state index contributed by atoms with van der Waals surface area (Å²) >= 11 is 4.44. The molecule has 0 heterocycles. The molecule has 0 saturated carbocycles. The second kappa shape index (κ2) is 8.80. The fraction of sp³-hybridized carbons (Fsp3) is 0.222. The first-order chi connectivity index (χ1) is 11.4. The van der Waals surface area contributed by atoms with Crippen LogP contribution in [0.25, 0.3) is 0 Å². The van der Waals surface area contributed by atoms with Crippen LogP contribution < -0.4 is 10.2 Å². The zero-order valence-corrected chi connectivity index (χ0v) is 18.0. The van der Waals surface area contributed by atoms with Gasteiger partial charge >= 0.3 is 0 Å². The fourth-order valence-electron chi connectivity index (χ4n) is 2.28. The topological polar surface area (TPSA) is 50.7 Å². The largest absolute Gasteiger partial charge is 0.495 e. The van der Waals surface area contributed by atoms with Crippen molar-refractivity contribution in [2.45, 2.75) is 20.3 Å². The number of carbonyl (C=O) groups excluding carboxylic acids is 1. The Morgan fingerprint density at radius 1 is 1.21 bits per heavy atom. The molecule has 2 aromatic rings. The smallest absolute Gasteiger partial charge is 0.244 e. The molecule has 0 fully saturated rings. The molecule has 2 rings (SSSR count). The molecule has 0 aromatic heterocycles. The van der Waals surface area contributed by atoms with E-state index in [9.17, 15) is 4.79 Å². The number of amides is 1. The Morgan fingerprint density at radius 2 is 1.88 bits per heavy atom. The van der Waals surface area contributed by atoms with Crippen LogP contribution in [0.15, 0.2) is 35.4 Å². The average molecular weight is 548 g/mol. The van der Waals surface area contributed by atoms with E-state index in [0.29, 0.717) is 6.42 Å². The molecule has 24 heavy (non-hydrogen) atoms. The number of ether oxygens (including phenoxy) is 1. The van der Waals surface area contributed by atoms with Crippen molar-refractivity contribution in [3.63, 3.8) is 0 Å². The highest BCUT2D eigenvalue weighted by Gasteiger charge is 2.07. The summed E-state index contributed by atoms with van der Waals surface area (Å²) in [5, 5.41) is 4.05. The van der Waals surface area contributed by atoms with Gasteiger partial charge in [0.25, 0.3) is 0 Å². The van der Waals surface area contributed by atoms with Crippen molar-refractivity contribution in [2.75, 3.05) is 7.11 Å². The number of halogens is 2. The predicted octanol–water partition coefficient (Wildman–Crippen LogP) is 4.21. The minimum atomic E-state index is -0.129. The van der Waals surface area contributed by atoms with E-state index < -0.39 is 0 Å². The number of benzene rings is 2. The third-order valence-corrected chi connectivity index (χ3v) is 5.08. The maximum absolute atomic E-state index is 12.0. The number of hydrogen-bond acceptors (Lipinski definition) is 3. The lowest BCUT2D eigenvalue weighted by Gasteiger charge is -2.07. The molecule has 2 aromatic carbocycles. The van der Waals surface area contributed by atoms with Crippen LogP contribution in [0.1, 0.15) is 22.3 Å². The van der Waals surface area contributed by atoms with Crippen molar-refractivity contribution in [1.82, 2.24) is 5.43 Å². The lowest BCUT2D eigenvalue weighted by atomic mass is 10.0. The molecule has 0 aliphatic heterocycles. The SMILES string of the molecule is COc1c(I)cc(/C=N\NC(=O)Cc2ccc(C)cc2C)cc1I. The summed E-state index contributed by atoms with van der Waals surface area (Å²) < 4.78 is 7.34. The number of nitrogens with zero attached hydrogens (tertiary/aromatic N) is 1. The second-order valence-corrected chi connectivity index (χ2v) is 7.74. The predicted molar refractivity (Wildman–Crippen MR) is 114 cm³/mol. The van der Waals surface area contributed by atoms with Crippen molar-refractivity contribution >= 4 is 57.3 Å². The van der Waals surface area contributed by atoms with Gasteiger partial charge in [-0.1, -0.05) is 23.8 Å². The van der Waals surface area contributed by atoms with E-state index >= 15 is 0 Å². The van der Waals surface area contributed by atoms with Gasteiger partial charge in [-0.05, 0) is 87.9 Å². The van der Waals surface area contributed by atoms with E-state index in [4.69, 9.17) is 4.74 Å². The van der Waals surface area contributed by atoms with Crippen LogP contribution in [0, 0.1) is 21.0 Å². The van der Waals surface area contributed by atoms with Crippen LogP contribution in [0.2, 0.25) is 0 Å². The molecule has 0 aliphatic carbocycles. The molecule has 0 spiro atoms. The van der Waals surface area contributed by atoms with Crippen LogP contribution in [0.4, 0.5) is 0 Å². The number of aryl methyl sites for hydroxylation is 2. The Kier molecular flexibility index (Phi) is 7.02. The van der Waals surface area contributed by atoms with Gasteiger partial charge in [-0.2, -0.15) is 5.10 Å². The molecular weight excluding hydrogens is 530 g/mol. The van der Waals surface area contributed by atoms with E-state index in [1.807, 2.05) is 38.1 Å². The van der Waals surface area contributed by atoms with Crippen LogP contribution in [0.5, 0.6) is 5.75 Å². The minimum absolute atomic E-state index is 0.129. The highest BCUT2D eigenvalue weighted by molar-refractivity contribution is 14.1. The zero-order chi connectivity index (χ0) is 17.7. The number of rotatable bonds is 5. The maximum Gasteiger partial charge on any atom is 0.244 e. The molecule has 1 amide bonds. The van der Waals surface area contributed by atoms with Crippen LogP contribution >= 0.6 is 45.2 Å². The molecular formula is C18H18I2N2O2. The fourth-order valence-corrected chi connectivity index (χ4v) is 4.54. The molecule has 126 valence electrons. The first-order valence-electron chi connectivity index (χ1n) is 7.31. The second-order valence-electron chi connectivity index (χ2n) is 5.42. The van der Waals surface area contributed by atoms with Gasteiger partial charge in [-0.15, -0.1) is 0 Å². The number of methoxy groups -OCH3 is 1. The van der Waals surface area contributed by atoms with Gasteiger partial charge in [0.05, 0.1) is 26.9 Å². The van der Waals surface area contributed by atoms with Gasteiger partial charge in [0, 0.05) is 0 Å². The van der Waals surface area contributed by atoms with Crippen molar-refractivity contribution in [2.24, 2.45) is 5.10 Å². The Labute approximate surface area is 169 Å². The standard InChI is InChI=1S/C18H18I2N2O2/c1-11-4-5-14(12(2)6-11)9-17(23)22-21-10-13-7-15(19)18(24-3)16(20)8-13/h4-8,10H,9H2,1-3H3,(H,22,23)/b21-10-. The zero-order valence-electron chi connectivity index (χ0n) is 13.7. The number of carbonyl (C=O) groups is 1. The summed E-state index contributed by atoms with van der Waals surface area (Å²) in [5.41, 5.74) is 6.82. The molecule has 4 nitrogen and oxygen atoms in total. The van der Waals surface area contributed by atoms with Gasteiger partial charge in [-0.25, -0.2) is 5.43 Å². The summed E-state index contributed by atoms with van der Waals surface area (Å²) in [6.07, 6.45) is 1.96. The highest BCUT2D eigenvalue weighted by Crippen LogP contribution is 2.27. The van der Waals surface area contributed by atoms with Crippen LogP contribution in [-0.2, 0) is 11.2 Å².